The number of fused-ring (bicyclic) bond motifs is 1. The van der Waals surface area contributed by atoms with Crippen molar-refractivity contribution in [1.29, 1.82) is 5.26 Å². The van der Waals surface area contributed by atoms with Gasteiger partial charge in [0, 0.05) is 25.2 Å². The molecular formula is C26H29BFN3O4. The predicted octanol–water partition coefficient (Wildman–Crippen LogP) is 3.49. The molecule has 0 spiro atoms. The molecule has 2 aliphatic rings. The van der Waals surface area contributed by atoms with Crippen LogP contribution >= 0.6 is 0 Å². The van der Waals surface area contributed by atoms with Crippen LogP contribution in [0, 0.1) is 18.3 Å². The van der Waals surface area contributed by atoms with Crippen LogP contribution in [0.2, 0.25) is 0 Å². The molecule has 0 saturated carbocycles. The van der Waals surface area contributed by atoms with Crippen LogP contribution in [0.1, 0.15) is 44.4 Å². The van der Waals surface area contributed by atoms with Crippen molar-refractivity contribution < 1.29 is 23.2 Å². The largest absolute Gasteiger partial charge is 0.495 e. The van der Waals surface area contributed by atoms with Gasteiger partial charge in [-0.15, -0.1) is 0 Å². The molecule has 35 heavy (non-hydrogen) atoms. The van der Waals surface area contributed by atoms with Gasteiger partial charge in [0.2, 0.25) is 5.89 Å². The van der Waals surface area contributed by atoms with Crippen LogP contribution in [0.3, 0.4) is 0 Å². The second-order valence-electron chi connectivity index (χ2n) is 10.7. The lowest BCUT2D eigenvalue weighted by Gasteiger charge is -2.44. The third-order valence-corrected chi connectivity index (χ3v) is 7.47. The molecular weight excluding hydrogens is 448 g/mol. The number of rotatable bonds is 5. The molecule has 182 valence electrons. The normalized spacial score (nSPS) is 20.7. The van der Waals surface area contributed by atoms with Gasteiger partial charge >= 0.3 is 7.12 Å². The molecule has 0 amide bonds. The maximum atomic E-state index is 12.9. The lowest BCUT2D eigenvalue weighted by molar-refractivity contribution is -0.113. The molecule has 0 unspecified atom stereocenters. The molecule has 0 radical (unpaired) electrons. The standard InChI is InChI=1S/C26H29BFN3O4/c1-16-19(7-6-8-20(16)27-34-24(2,3)25(4,5)35-27)23-30-21-10-17(9-18(11-29)22(21)33-23)12-31-14-26(32,13-28)15-31/h6-10,32H,12-15H2,1-5H3. The third-order valence-electron chi connectivity index (χ3n) is 7.47. The summed E-state index contributed by atoms with van der Waals surface area (Å²) in [7, 11) is -0.509. The van der Waals surface area contributed by atoms with Gasteiger partial charge in [-0.1, -0.05) is 12.1 Å². The first-order valence-corrected chi connectivity index (χ1v) is 11.7. The molecule has 3 heterocycles. The smallest absolute Gasteiger partial charge is 0.435 e. The number of halogens is 1. The highest BCUT2D eigenvalue weighted by Crippen LogP contribution is 2.37. The number of benzene rings is 2. The van der Waals surface area contributed by atoms with E-state index in [1.54, 1.807) is 6.07 Å². The second-order valence-corrected chi connectivity index (χ2v) is 10.7. The fourth-order valence-electron chi connectivity index (χ4n) is 4.73. The molecule has 2 saturated heterocycles. The molecule has 1 N–H and O–H groups in total. The molecule has 2 aliphatic heterocycles. The van der Waals surface area contributed by atoms with E-state index in [0.717, 1.165) is 22.2 Å². The summed E-state index contributed by atoms with van der Waals surface area (Å²) in [5, 5.41) is 19.7. The Morgan fingerprint density at radius 1 is 1.17 bits per heavy atom. The topological polar surface area (TPSA) is 91.8 Å². The molecule has 5 rings (SSSR count). The van der Waals surface area contributed by atoms with Gasteiger partial charge in [0.15, 0.2) is 5.58 Å². The number of hydrogen-bond donors (Lipinski definition) is 1. The van der Waals surface area contributed by atoms with E-state index in [4.69, 9.17) is 18.7 Å². The van der Waals surface area contributed by atoms with Gasteiger partial charge in [-0.3, -0.25) is 4.90 Å². The highest BCUT2D eigenvalue weighted by molar-refractivity contribution is 6.62. The van der Waals surface area contributed by atoms with Gasteiger partial charge in [-0.2, -0.15) is 5.26 Å². The minimum absolute atomic E-state index is 0.262. The summed E-state index contributed by atoms with van der Waals surface area (Å²) in [5.74, 6) is 0.417. The van der Waals surface area contributed by atoms with Crippen molar-refractivity contribution in [2.24, 2.45) is 0 Å². The Labute approximate surface area is 204 Å². The summed E-state index contributed by atoms with van der Waals surface area (Å²) >= 11 is 0. The number of oxazole rings is 1. The molecule has 0 atom stereocenters. The van der Waals surface area contributed by atoms with E-state index in [2.05, 4.69) is 6.07 Å². The summed E-state index contributed by atoms with van der Waals surface area (Å²) in [5.41, 5.74) is 2.72. The summed E-state index contributed by atoms with van der Waals surface area (Å²) in [6, 6.07) is 11.7. The number of nitriles is 1. The van der Waals surface area contributed by atoms with Crippen molar-refractivity contribution in [3.63, 3.8) is 0 Å². The fraction of sp³-hybridized carbons (Fsp3) is 0.462. The average Bonchev–Trinajstić information content (AvgIpc) is 3.29. The van der Waals surface area contributed by atoms with Crippen LogP contribution in [0.15, 0.2) is 34.7 Å². The number of likely N-dealkylation sites (tertiary alicyclic amines) is 1. The van der Waals surface area contributed by atoms with E-state index in [0.29, 0.717) is 29.1 Å². The van der Waals surface area contributed by atoms with Gasteiger partial charge < -0.3 is 18.8 Å². The van der Waals surface area contributed by atoms with Crippen molar-refractivity contribution in [1.82, 2.24) is 9.88 Å². The lowest BCUT2D eigenvalue weighted by Crippen LogP contribution is -2.62. The van der Waals surface area contributed by atoms with E-state index >= 15 is 0 Å². The quantitative estimate of drug-likeness (QED) is 0.563. The van der Waals surface area contributed by atoms with Crippen molar-refractivity contribution in [2.45, 2.75) is 58.0 Å². The highest BCUT2D eigenvalue weighted by Gasteiger charge is 2.52. The van der Waals surface area contributed by atoms with Crippen molar-refractivity contribution in [3.05, 3.63) is 47.0 Å². The Hall–Kier alpha value is -2.77. The van der Waals surface area contributed by atoms with Gasteiger partial charge in [-0.25, -0.2) is 9.37 Å². The Balaban J connectivity index is 1.47. The van der Waals surface area contributed by atoms with Crippen LogP contribution in [-0.2, 0) is 15.9 Å². The van der Waals surface area contributed by atoms with Gasteiger partial charge in [-0.05, 0) is 69.4 Å². The molecule has 7 nitrogen and oxygen atoms in total. The highest BCUT2D eigenvalue weighted by atomic mass is 19.1. The molecule has 9 heteroatoms. The minimum atomic E-state index is -1.26. The Morgan fingerprint density at radius 3 is 2.49 bits per heavy atom. The summed E-state index contributed by atoms with van der Waals surface area (Å²) in [6.45, 7) is 10.3. The van der Waals surface area contributed by atoms with Gasteiger partial charge in [0.25, 0.3) is 0 Å². The molecule has 0 bridgehead atoms. The SMILES string of the molecule is Cc1c(B2OC(C)(C)C(C)(C)O2)cccc1-c1nc2cc(CN3CC(O)(CF)C3)cc(C#N)c2o1. The van der Waals surface area contributed by atoms with Crippen molar-refractivity contribution >= 4 is 23.7 Å². The van der Waals surface area contributed by atoms with E-state index in [9.17, 15) is 14.8 Å². The van der Waals surface area contributed by atoms with Gasteiger partial charge in [0.1, 0.15) is 23.9 Å². The van der Waals surface area contributed by atoms with Crippen LogP contribution < -0.4 is 5.46 Å². The number of aromatic nitrogens is 1. The molecule has 2 aromatic carbocycles. The first-order chi connectivity index (χ1) is 16.4. The zero-order valence-electron chi connectivity index (χ0n) is 20.7. The Morgan fingerprint density at radius 2 is 1.86 bits per heavy atom. The molecule has 1 aromatic heterocycles. The van der Waals surface area contributed by atoms with E-state index in [1.165, 1.54) is 0 Å². The monoisotopic (exact) mass is 477 g/mol. The zero-order valence-corrected chi connectivity index (χ0v) is 20.7. The molecule has 0 aliphatic carbocycles. The maximum Gasteiger partial charge on any atom is 0.495 e. The predicted molar refractivity (Wildman–Crippen MR) is 131 cm³/mol. The minimum Gasteiger partial charge on any atom is -0.435 e. The number of hydrogen-bond acceptors (Lipinski definition) is 7. The summed E-state index contributed by atoms with van der Waals surface area (Å²) in [6.07, 6.45) is 0. The fourth-order valence-corrected chi connectivity index (χ4v) is 4.73. The first-order valence-electron chi connectivity index (χ1n) is 11.7. The van der Waals surface area contributed by atoms with Crippen LogP contribution in [0.5, 0.6) is 0 Å². The molecule has 3 aromatic rings. The second kappa shape index (κ2) is 8.14. The Bertz CT molecular complexity index is 1320. The van der Waals surface area contributed by atoms with Crippen LogP contribution in [0.25, 0.3) is 22.6 Å². The number of nitrogens with zero attached hydrogens (tertiary/aromatic N) is 3. The lowest BCUT2D eigenvalue weighted by atomic mass is 9.75. The Kier molecular flexibility index (Phi) is 5.57. The first kappa shape index (κ1) is 24.0. The third kappa shape index (κ3) is 4.05. The molecule has 2 fully saturated rings. The van der Waals surface area contributed by atoms with E-state index < -0.39 is 30.6 Å². The van der Waals surface area contributed by atoms with Crippen LogP contribution in [-0.4, -0.2) is 58.7 Å². The zero-order chi connectivity index (χ0) is 25.2. The van der Waals surface area contributed by atoms with Crippen LogP contribution in [0.4, 0.5) is 4.39 Å². The van der Waals surface area contributed by atoms with E-state index in [-0.39, 0.29) is 13.1 Å². The van der Waals surface area contributed by atoms with Crippen molar-refractivity contribution in [2.75, 3.05) is 19.8 Å². The van der Waals surface area contributed by atoms with Crippen molar-refractivity contribution in [3.8, 4) is 17.5 Å². The van der Waals surface area contributed by atoms with Gasteiger partial charge in [0.05, 0.1) is 16.8 Å². The number of β-amino-alcohol motifs (C(OH)–C–C–N with tert-alkyl or cyclic N) is 1. The maximum absolute atomic E-state index is 12.9. The summed E-state index contributed by atoms with van der Waals surface area (Å²) < 4.78 is 31.5. The number of aliphatic hydroxyl groups is 1. The summed E-state index contributed by atoms with van der Waals surface area (Å²) in [4.78, 5) is 6.64. The number of alkyl halides is 1. The average molecular weight is 477 g/mol. The van der Waals surface area contributed by atoms with E-state index in [1.807, 2.05) is 63.8 Å².